The fourth-order valence-electron chi connectivity index (χ4n) is 4.79. The van der Waals surface area contributed by atoms with Gasteiger partial charge in [0.05, 0.1) is 12.6 Å². The van der Waals surface area contributed by atoms with Gasteiger partial charge in [-0.1, -0.05) is 43.2 Å². The van der Waals surface area contributed by atoms with Crippen molar-refractivity contribution < 1.29 is 9.53 Å². The molecule has 4 rings (SSSR count). The number of nitrogens with zero attached hydrogens (tertiary/aromatic N) is 3. The van der Waals surface area contributed by atoms with Crippen molar-refractivity contribution >= 4 is 5.91 Å². The van der Waals surface area contributed by atoms with Crippen molar-refractivity contribution in [1.29, 1.82) is 0 Å². The van der Waals surface area contributed by atoms with Crippen molar-refractivity contribution in [2.75, 3.05) is 19.7 Å². The number of carbonyl (C=O) groups excluding carboxylic acids is 1. The maximum atomic E-state index is 13.6. The maximum Gasteiger partial charge on any atom is 0.253 e. The summed E-state index contributed by atoms with van der Waals surface area (Å²) in [6.07, 6.45) is 8.10. The Labute approximate surface area is 173 Å². The second kappa shape index (κ2) is 9.51. The minimum atomic E-state index is -0.464. The van der Waals surface area contributed by atoms with Gasteiger partial charge in [-0.05, 0) is 43.0 Å². The highest BCUT2D eigenvalue weighted by Gasteiger charge is 2.42. The van der Waals surface area contributed by atoms with Gasteiger partial charge in [-0.3, -0.25) is 14.7 Å². The normalized spacial score (nSPS) is 23.2. The van der Waals surface area contributed by atoms with Crippen LogP contribution in [0.5, 0.6) is 0 Å². The number of carbonyl (C=O) groups is 1. The predicted molar refractivity (Wildman–Crippen MR) is 113 cm³/mol. The lowest BCUT2D eigenvalue weighted by molar-refractivity contribution is -0.159. The summed E-state index contributed by atoms with van der Waals surface area (Å²) in [7, 11) is 0. The zero-order valence-corrected chi connectivity index (χ0v) is 17.2. The summed E-state index contributed by atoms with van der Waals surface area (Å²) in [5.74, 6) is 0.0841. The molecule has 5 nitrogen and oxygen atoms in total. The van der Waals surface area contributed by atoms with Crippen LogP contribution in [0.25, 0.3) is 0 Å². The highest BCUT2D eigenvalue weighted by Crippen LogP contribution is 2.37. The molecule has 0 spiro atoms. The number of hydrogen-bond donors (Lipinski definition) is 0. The molecular formula is C24H31N3O2. The van der Waals surface area contributed by atoms with Crippen LogP contribution in [0.2, 0.25) is 0 Å². The average Bonchev–Trinajstić information content (AvgIpc) is 3.32. The zero-order valence-electron chi connectivity index (χ0n) is 17.2. The van der Waals surface area contributed by atoms with E-state index in [-0.39, 0.29) is 11.9 Å². The number of rotatable bonds is 6. The van der Waals surface area contributed by atoms with E-state index in [1.54, 1.807) is 12.4 Å². The third kappa shape index (κ3) is 4.51. The fraction of sp³-hybridized carbons (Fsp3) is 0.500. The summed E-state index contributed by atoms with van der Waals surface area (Å²) < 4.78 is 6.17. The first-order chi connectivity index (χ1) is 14.3. The third-order valence-electron chi connectivity index (χ3n) is 6.29. The SMILES string of the molecule is CCN(Cc1ccncc1)C(=O)[C@@H]1OCCN(C2CCCC2)[C@H]1c1ccccc1. The molecule has 1 aliphatic carbocycles. The van der Waals surface area contributed by atoms with Crippen LogP contribution in [0.4, 0.5) is 0 Å². The minimum Gasteiger partial charge on any atom is -0.365 e. The summed E-state index contributed by atoms with van der Waals surface area (Å²) >= 11 is 0. The molecule has 0 N–H and O–H groups in total. The van der Waals surface area contributed by atoms with Gasteiger partial charge in [0.15, 0.2) is 6.10 Å². The number of amides is 1. The summed E-state index contributed by atoms with van der Waals surface area (Å²) in [6.45, 7) is 4.79. The van der Waals surface area contributed by atoms with Gasteiger partial charge < -0.3 is 9.64 Å². The molecule has 2 atom stereocenters. The van der Waals surface area contributed by atoms with Crippen LogP contribution in [0, 0.1) is 0 Å². The fourth-order valence-corrected chi connectivity index (χ4v) is 4.79. The molecule has 2 aliphatic rings. The van der Waals surface area contributed by atoms with E-state index in [1.165, 1.54) is 31.2 Å². The Hall–Kier alpha value is -2.24. The molecule has 2 fully saturated rings. The summed E-state index contributed by atoms with van der Waals surface area (Å²) in [4.78, 5) is 22.2. The molecule has 154 valence electrons. The Morgan fingerprint density at radius 3 is 2.55 bits per heavy atom. The van der Waals surface area contributed by atoms with Crippen molar-refractivity contribution in [2.45, 2.75) is 57.3 Å². The van der Waals surface area contributed by atoms with Crippen LogP contribution >= 0.6 is 0 Å². The lowest BCUT2D eigenvalue weighted by Gasteiger charge is -2.45. The van der Waals surface area contributed by atoms with E-state index >= 15 is 0 Å². The summed E-state index contributed by atoms with van der Waals surface area (Å²) in [6, 6.07) is 14.9. The summed E-state index contributed by atoms with van der Waals surface area (Å²) in [5, 5.41) is 0. The van der Waals surface area contributed by atoms with Crippen LogP contribution < -0.4 is 0 Å². The molecule has 1 saturated carbocycles. The van der Waals surface area contributed by atoms with Crippen LogP contribution in [0.3, 0.4) is 0 Å². The first kappa shape index (κ1) is 20.0. The van der Waals surface area contributed by atoms with Crippen LogP contribution in [0.15, 0.2) is 54.9 Å². The molecule has 1 saturated heterocycles. The predicted octanol–water partition coefficient (Wildman–Crippen LogP) is 3.81. The highest BCUT2D eigenvalue weighted by molar-refractivity contribution is 5.82. The largest absolute Gasteiger partial charge is 0.365 e. The molecule has 1 amide bonds. The second-order valence-electron chi connectivity index (χ2n) is 8.03. The van der Waals surface area contributed by atoms with Gasteiger partial charge in [-0.2, -0.15) is 0 Å². The van der Waals surface area contributed by atoms with E-state index in [1.807, 2.05) is 30.0 Å². The lowest BCUT2D eigenvalue weighted by Crippen LogP contribution is -2.55. The van der Waals surface area contributed by atoms with Crippen LogP contribution in [-0.4, -0.2) is 52.5 Å². The van der Waals surface area contributed by atoms with E-state index in [2.05, 4.69) is 34.1 Å². The minimum absolute atomic E-state index is 0.0213. The summed E-state index contributed by atoms with van der Waals surface area (Å²) in [5.41, 5.74) is 2.27. The van der Waals surface area contributed by atoms with Crippen LogP contribution in [0.1, 0.15) is 49.8 Å². The Morgan fingerprint density at radius 1 is 1.14 bits per heavy atom. The quantitative estimate of drug-likeness (QED) is 0.749. The van der Waals surface area contributed by atoms with E-state index < -0.39 is 6.10 Å². The van der Waals surface area contributed by atoms with E-state index in [4.69, 9.17) is 4.74 Å². The highest BCUT2D eigenvalue weighted by atomic mass is 16.5. The Kier molecular flexibility index (Phi) is 6.57. The molecule has 0 unspecified atom stereocenters. The van der Waals surface area contributed by atoms with Gasteiger partial charge in [0, 0.05) is 38.1 Å². The van der Waals surface area contributed by atoms with Crippen molar-refractivity contribution in [2.24, 2.45) is 0 Å². The first-order valence-corrected chi connectivity index (χ1v) is 10.9. The average molecular weight is 394 g/mol. The monoisotopic (exact) mass is 393 g/mol. The number of pyridine rings is 1. The van der Waals surface area contributed by atoms with Crippen molar-refractivity contribution in [1.82, 2.24) is 14.8 Å². The van der Waals surface area contributed by atoms with Crippen molar-refractivity contribution in [3.8, 4) is 0 Å². The molecule has 1 aromatic carbocycles. The number of benzene rings is 1. The van der Waals surface area contributed by atoms with Gasteiger partial charge in [0.2, 0.25) is 0 Å². The van der Waals surface area contributed by atoms with Gasteiger partial charge in [0.25, 0.3) is 5.91 Å². The molecule has 2 aromatic rings. The van der Waals surface area contributed by atoms with Gasteiger partial charge in [0.1, 0.15) is 0 Å². The number of aromatic nitrogens is 1. The topological polar surface area (TPSA) is 45.7 Å². The maximum absolute atomic E-state index is 13.6. The van der Waals surface area contributed by atoms with Gasteiger partial charge >= 0.3 is 0 Å². The first-order valence-electron chi connectivity index (χ1n) is 10.9. The number of likely N-dealkylation sites (N-methyl/N-ethyl adjacent to an activating group) is 1. The molecule has 1 aromatic heterocycles. The van der Waals surface area contributed by atoms with Gasteiger partial charge in [-0.15, -0.1) is 0 Å². The van der Waals surface area contributed by atoms with E-state index in [9.17, 15) is 4.79 Å². The molecule has 5 heteroatoms. The number of morpholine rings is 1. The van der Waals surface area contributed by atoms with Gasteiger partial charge in [-0.25, -0.2) is 0 Å². The van der Waals surface area contributed by atoms with Crippen molar-refractivity contribution in [3.63, 3.8) is 0 Å². The molecular weight excluding hydrogens is 362 g/mol. The molecule has 1 aliphatic heterocycles. The number of hydrogen-bond acceptors (Lipinski definition) is 4. The van der Waals surface area contributed by atoms with Crippen molar-refractivity contribution in [3.05, 3.63) is 66.0 Å². The zero-order chi connectivity index (χ0) is 20.1. The molecule has 2 heterocycles. The molecule has 0 radical (unpaired) electrons. The smallest absolute Gasteiger partial charge is 0.253 e. The van der Waals surface area contributed by atoms with Crippen LogP contribution in [-0.2, 0) is 16.1 Å². The molecule has 0 bridgehead atoms. The molecule has 29 heavy (non-hydrogen) atoms. The lowest BCUT2D eigenvalue weighted by atomic mass is 9.94. The number of ether oxygens (including phenoxy) is 1. The Balaban J connectivity index is 1.61. The van der Waals surface area contributed by atoms with E-state index in [0.29, 0.717) is 25.7 Å². The second-order valence-corrected chi connectivity index (χ2v) is 8.03. The third-order valence-corrected chi connectivity index (χ3v) is 6.29. The Morgan fingerprint density at radius 2 is 1.86 bits per heavy atom. The standard InChI is InChI=1S/C24H31N3O2/c1-2-26(18-19-12-14-25-15-13-19)24(28)23-22(20-8-4-3-5-9-20)27(16-17-29-23)21-10-6-7-11-21/h3-5,8-9,12-15,21-23H,2,6-7,10-11,16-18H2,1H3/t22-,23+/m0/s1. The van der Waals surface area contributed by atoms with E-state index in [0.717, 1.165) is 12.1 Å². The Bertz CT molecular complexity index is 777.